The zero-order valence-corrected chi connectivity index (χ0v) is 19.5. The minimum Gasteiger partial charge on any atom is -0.467 e. The molecule has 1 fully saturated rings. The normalized spacial score (nSPS) is 17.5. The number of hydrogen-bond donors (Lipinski definition) is 1. The molecule has 0 aromatic heterocycles. The SMILES string of the molecule is COC(=O)C1C[C@H](NC(=O)/C=C/c2ccccc2)CN1C(=O)C(c1ccccc1)c1ccccc1. The number of hydrogen-bond acceptors (Lipinski definition) is 4. The Kier molecular flexibility index (Phi) is 7.73. The van der Waals surface area contributed by atoms with Crippen LogP contribution in [0.4, 0.5) is 0 Å². The third-order valence-corrected chi connectivity index (χ3v) is 6.14. The van der Waals surface area contributed by atoms with Crippen molar-refractivity contribution in [3.05, 3.63) is 114 Å². The van der Waals surface area contributed by atoms with Crippen LogP contribution in [0.1, 0.15) is 29.0 Å². The maximum atomic E-state index is 13.9. The number of carbonyl (C=O) groups is 3. The van der Waals surface area contributed by atoms with Crippen LogP contribution in [0.5, 0.6) is 0 Å². The average molecular weight is 469 g/mol. The lowest BCUT2D eigenvalue weighted by Gasteiger charge is -2.28. The molecule has 0 radical (unpaired) electrons. The smallest absolute Gasteiger partial charge is 0.328 e. The molecule has 3 aromatic carbocycles. The van der Waals surface area contributed by atoms with E-state index in [0.29, 0.717) is 6.42 Å². The Bertz CT molecular complexity index is 1140. The quantitative estimate of drug-likeness (QED) is 0.423. The van der Waals surface area contributed by atoms with E-state index in [9.17, 15) is 14.4 Å². The van der Waals surface area contributed by atoms with Gasteiger partial charge in [0.1, 0.15) is 6.04 Å². The van der Waals surface area contributed by atoms with E-state index in [0.717, 1.165) is 16.7 Å². The Labute approximate surface area is 205 Å². The second-order valence-electron chi connectivity index (χ2n) is 8.47. The number of benzene rings is 3. The second-order valence-corrected chi connectivity index (χ2v) is 8.47. The largest absolute Gasteiger partial charge is 0.467 e. The maximum absolute atomic E-state index is 13.9. The zero-order valence-electron chi connectivity index (χ0n) is 19.5. The van der Waals surface area contributed by atoms with Crippen molar-refractivity contribution in [3.8, 4) is 0 Å². The summed E-state index contributed by atoms with van der Waals surface area (Å²) in [5, 5.41) is 2.93. The van der Waals surface area contributed by atoms with Crippen molar-refractivity contribution < 1.29 is 19.1 Å². The monoisotopic (exact) mass is 468 g/mol. The van der Waals surface area contributed by atoms with Gasteiger partial charge in [0, 0.05) is 25.1 Å². The van der Waals surface area contributed by atoms with E-state index in [1.165, 1.54) is 13.2 Å². The summed E-state index contributed by atoms with van der Waals surface area (Å²) in [5.41, 5.74) is 2.59. The number of nitrogens with zero attached hydrogens (tertiary/aromatic N) is 1. The molecule has 1 aliphatic heterocycles. The van der Waals surface area contributed by atoms with Gasteiger partial charge in [-0.15, -0.1) is 0 Å². The fourth-order valence-electron chi connectivity index (χ4n) is 4.46. The fraction of sp³-hybridized carbons (Fsp3) is 0.207. The first-order chi connectivity index (χ1) is 17.1. The van der Waals surface area contributed by atoms with Gasteiger partial charge in [-0.1, -0.05) is 91.0 Å². The van der Waals surface area contributed by atoms with Crippen molar-refractivity contribution in [2.45, 2.75) is 24.4 Å². The molecule has 35 heavy (non-hydrogen) atoms. The molecule has 1 unspecified atom stereocenters. The molecule has 3 aromatic rings. The summed E-state index contributed by atoms with van der Waals surface area (Å²) in [6.07, 6.45) is 3.48. The van der Waals surface area contributed by atoms with Crippen molar-refractivity contribution in [3.63, 3.8) is 0 Å². The predicted octanol–water partition coefficient (Wildman–Crippen LogP) is 3.79. The molecule has 2 atom stereocenters. The fourth-order valence-corrected chi connectivity index (χ4v) is 4.46. The summed E-state index contributed by atoms with van der Waals surface area (Å²) in [6, 6.07) is 27.4. The number of methoxy groups -OCH3 is 1. The van der Waals surface area contributed by atoms with Crippen LogP contribution in [0.25, 0.3) is 6.08 Å². The van der Waals surface area contributed by atoms with E-state index >= 15 is 0 Å². The van der Waals surface area contributed by atoms with Gasteiger partial charge in [-0.25, -0.2) is 4.79 Å². The highest BCUT2D eigenvalue weighted by molar-refractivity contribution is 5.93. The molecule has 2 amide bonds. The van der Waals surface area contributed by atoms with Crippen LogP contribution in [0, 0.1) is 0 Å². The number of rotatable bonds is 7. The van der Waals surface area contributed by atoms with Gasteiger partial charge in [0.05, 0.1) is 13.0 Å². The molecule has 0 spiro atoms. The van der Waals surface area contributed by atoms with Crippen molar-refractivity contribution in [1.29, 1.82) is 0 Å². The standard InChI is InChI=1S/C29H28N2O4/c1-35-29(34)25-19-24(30-26(32)18-17-21-11-5-2-6-12-21)20-31(25)28(33)27(22-13-7-3-8-14-22)23-15-9-4-10-16-23/h2-18,24-25,27H,19-20H2,1H3,(H,30,32)/b18-17+/t24-,25?/m0/s1. The molecule has 4 rings (SSSR count). The van der Waals surface area contributed by atoms with Crippen LogP contribution < -0.4 is 5.32 Å². The average Bonchev–Trinajstić information content (AvgIpc) is 3.32. The lowest BCUT2D eigenvalue weighted by Crippen LogP contribution is -2.44. The third-order valence-electron chi connectivity index (χ3n) is 6.14. The van der Waals surface area contributed by atoms with Crippen LogP contribution in [-0.2, 0) is 19.1 Å². The van der Waals surface area contributed by atoms with E-state index in [2.05, 4.69) is 5.32 Å². The Morgan fingerprint density at radius 1 is 0.886 bits per heavy atom. The van der Waals surface area contributed by atoms with Gasteiger partial charge in [0.25, 0.3) is 0 Å². The van der Waals surface area contributed by atoms with Gasteiger partial charge in [0.2, 0.25) is 11.8 Å². The molecule has 6 nitrogen and oxygen atoms in total. The van der Waals surface area contributed by atoms with E-state index in [1.807, 2.05) is 91.0 Å². The highest BCUT2D eigenvalue weighted by atomic mass is 16.5. The predicted molar refractivity (Wildman–Crippen MR) is 134 cm³/mol. The minimum atomic E-state index is -0.772. The number of nitrogens with one attached hydrogen (secondary N) is 1. The highest BCUT2D eigenvalue weighted by Crippen LogP contribution is 2.31. The molecule has 1 aliphatic rings. The Morgan fingerprint density at radius 3 is 1.97 bits per heavy atom. The van der Waals surface area contributed by atoms with Crippen molar-refractivity contribution in [2.24, 2.45) is 0 Å². The highest BCUT2D eigenvalue weighted by Gasteiger charge is 2.43. The molecule has 1 heterocycles. The molecule has 1 N–H and O–H groups in total. The van der Waals surface area contributed by atoms with Crippen LogP contribution >= 0.6 is 0 Å². The van der Waals surface area contributed by atoms with E-state index in [4.69, 9.17) is 4.74 Å². The maximum Gasteiger partial charge on any atom is 0.328 e. The van der Waals surface area contributed by atoms with Gasteiger partial charge < -0.3 is 15.0 Å². The summed E-state index contributed by atoms with van der Waals surface area (Å²) in [5.74, 6) is -1.54. The zero-order chi connectivity index (χ0) is 24.6. The number of carbonyl (C=O) groups excluding carboxylic acids is 3. The molecular weight excluding hydrogens is 440 g/mol. The molecule has 1 saturated heterocycles. The van der Waals surface area contributed by atoms with E-state index in [1.54, 1.807) is 11.0 Å². The number of amides is 2. The van der Waals surface area contributed by atoms with E-state index in [-0.39, 0.29) is 24.4 Å². The summed E-state index contributed by atoms with van der Waals surface area (Å²) in [4.78, 5) is 40.6. The van der Waals surface area contributed by atoms with Crippen molar-refractivity contribution >= 4 is 23.9 Å². The Balaban J connectivity index is 1.55. The van der Waals surface area contributed by atoms with Crippen LogP contribution in [-0.4, -0.2) is 48.4 Å². The summed E-state index contributed by atoms with van der Waals surface area (Å²) < 4.78 is 5.00. The first-order valence-corrected chi connectivity index (χ1v) is 11.6. The van der Waals surface area contributed by atoms with Gasteiger partial charge in [-0.3, -0.25) is 9.59 Å². The molecule has 178 valence electrons. The number of esters is 1. The number of ether oxygens (including phenoxy) is 1. The topological polar surface area (TPSA) is 75.7 Å². The minimum absolute atomic E-state index is 0.200. The molecule has 6 heteroatoms. The third kappa shape index (κ3) is 5.84. The van der Waals surface area contributed by atoms with Gasteiger partial charge in [0.15, 0.2) is 0 Å². The molecule has 0 bridgehead atoms. The van der Waals surface area contributed by atoms with Gasteiger partial charge in [-0.2, -0.15) is 0 Å². The first kappa shape index (κ1) is 24.0. The van der Waals surface area contributed by atoms with Gasteiger partial charge >= 0.3 is 5.97 Å². The number of likely N-dealkylation sites (tertiary alicyclic amines) is 1. The molecule has 0 saturated carbocycles. The van der Waals surface area contributed by atoms with E-state index < -0.39 is 17.9 Å². The van der Waals surface area contributed by atoms with Crippen LogP contribution in [0.3, 0.4) is 0 Å². The Morgan fingerprint density at radius 2 is 1.43 bits per heavy atom. The Hall–Kier alpha value is -4.19. The summed E-state index contributed by atoms with van der Waals surface area (Å²) in [6.45, 7) is 0.222. The summed E-state index contributed by atoms with van der Waals surface area (Å²) >= 11 is 0. The van der Waals surface area contributed by atoms with Gasteiger partial charge in [-0.05, 0) is 22.8 Å². The first-order valence-electron chi connectivity index (χ1n) is 11.6. The van der Waals surface area contributed by atoms with Crippen molar-refractivity contribution in [2.75, 3.05) is 13.7 Å². The lowest BCUT2D eigenvalue weighted by molar-refractivity contribution is -0.151. The van der Waals surface area contributed by atoms with Crippen LogP contribution in [0.15, 0.2) is 97.1 Å². The van der Waals surface area contributed by atoms with Crippen LogP contribution in [0.2, 0.25) is 0 Å². The second kappa shape index (κ2) is 11.3. The summed E-state index contributed by atoms with van der Waals surface area (Å²) in [7, 11) is 1.31. The molecular formula is C29H28N2O4. The van der Waals surface area contributed by atoms with Crippen molar-refractivity contribution in [1.82, 2.24) is 10.2 Å². The molecule has 0 aliphatic carbocycles. The lowest BCUT2D eigenvalue weighted by atomic mass is 9.90.